The molecule has 0 fully saturated rings. The van der Waals surface area contributed by atoms with Gasteiger partial charge >= 0.3 is 0 Å². The van der Waals surface area contributed by atoms with Crippen molar-refractivity contribution in [3.8, 4) is 36.4 Å². The number of nitrogens with zero attached hydrogens (tertiary/aromatic N) is 6. The Morgan fingerprint density at radius 3 is 0.500 bits per heavy atom. The fraction of sp³-hybridized carbons (Fsp3) is 0.500. The maximum absolute atomic E-state index is 8.34. The second-order valence-electron chi connectivity index (χ2n) is 3.68. The molecule has 20 heteroatoms. The average molecular weight is 874 g/mol. The first-order valence-corrected chi connectivity index (χ1v) is 5.85. The molecule has 0 rings (SSSR count). The van der Waals surface area contributed by atoms with Crippen LogP contribution in [-0.4, -0.2) is 61.4 Å². The second kappa shape index (κ2) is 48.8. The summed E-state index contributed by atoms with van der Waals surface area (Å²) < 4.78 is 0. The van der Waals surface area contributed by atoms with Crippen molar-refractivity contribution in [1.29, 1.82) is 31.6 Å². The van der Waals surface area contributed by atoms with Gasteiger partial charge in [-0.2, -0.15) is 31.6 Å². The molecule has 0 spiro atoms. The minimum absolute atomic E-state index is 0. The van der Waals surface area contributed by atoms with Gasteiger partial charge in [-0.15, -0.1) is 0 Å². The number of hydrogen-bond donors (Lipinski definition) is 6. The monoisotopic (exact) mass is 879 g/mol. The van der Waals surface area contributed by atoms with Crippen LogP contribution in [-0.2, 0) is 0 Å². The fourth-order valence-electron chi connectivity index (χ4n) is 0.545. The number of nitrogens with two attached hydrogens (primary N) is 3. The molecule has 0 saturated carbocycles. The minimum Gasteiger partial charge on any atom is -0.412 e. The zero-order valence-corrected chi connectivity index (χ0v) is 23.8. The molecule has 19 N–H and O–H groups in total. The zero-order valence-electron chi connectivity index (χ0n) is 15.9. The first-order chi connectivity index (χ1) is 11.2. The number of hydrogen-bond acceptors (Lipinski definition) is 12. The Balaban J connectivity index is -0.0000000204. The van der Waals surface area contributed by atoms with E-state index in [0.29, 0.717) is 0 Å². The number of rotatable bonds is 3. The largest absolute Gasteiger partial charge is 0.412 e. The van der Waals surface area contributed by atoms with Gasteiger partial charge in [-0.05, 0) is 0 Å². The van der Waals surface area contributed by atoms with Gasteiger partial charge in [-0.3, -0.25) is 0 Å². The van der Waals surface area contributed by atoms with Crippen LogP contribution in [0.4, 0.5) is 0 Å². The third kappa shape index (κ3) is 44.2. The van der Waals surface area contributed by atoms with Gasteiger partial charge in [0, 0.05) is 121 Å². The van der Waals surface area contributed by atoms with E-state index in [9.17, 15) is 0 Å². The van der Waals surface area contributed by atoms with Crippen LogP contribution >= 0.6 is 0 Å². The summed E-state index contributed by atoms with van der Waals surface area (Å²) in [7, 11) is 0. The molecule has 17 nitrogen and oxygen atoms in total. The molecule has 0 aromatic heterocycles. The molecule has 0 aliphatic rings. The van der Waals surface area contributed by atoms with E-state index in [1.54, 1.807) is 0 Å². The predicted molar refractivity (Wildman–Crippen MR) is 92.8 cm³/mol. The summed E-state index contributed by atoms with van der Waals surface area (Å²) in [5.74, 6) is -3.31. The minimum atomic E-state index is -1.34. The summed E-state index contributed by atoms with van der Waals surface area (Å²) in [6, 6.07) is 9.09. The van der Waals surface area contributed by atoms with Crippen molar-refractivity contribution in [1.82, 2.24) is 0 Å². The Hall–Kier alpha value is 0.513. The zero-order chi connectivity index (χ0) is 19.7. The summed E-state index contributed by atoms with van der Waals surface area (Å²) in [5, 5.41) is 72.9. The van der Waals surface area contributed by atoms with E-state index >= 15 is 0 Å². The van der Waals surface area contributed by atoms with Gasteiger partial charge in [0.05, 0.1) is 36.4 Å². The Labute approximate surface area is 281 Å². The molecule has 32 heavy (non-hydrogen) atoms. The maximum atomic E-state index is 8.34. The normalized spacial score (nSPS) is 9.09. The van der Waals surface area contributed by atoms with E-state index in [1.165, 1.54) is 36.4 Å². The smallest absolute Gasteiger partial charge is 0.172 e. The molecule has 3 atom stereocenters. The molecule has 184 valence electrons. The third-order valence-corrected chi connectivity index (χ3v) is 1.86. The number of aliphatic hydroxyl groups excluding tert-OH is 3. The molecular formula is C12H25N9O8Sm3. The van der Waals surface area contributed by atoms with E-state index in [2.05, 4.69) is 0 Å². The average Bonchev–Trinajstić information content (AvgIpc) is 2.51. The maximum Gasteiger partial charge on any atom is 0.172 e. The van der Waals surface area contributed by atoms with Gasteiger partial charge in [0.15, 0.2) is 17.8 Å². The van der Waals surface area contributed by atoms with E-state index < -0.39 is 36.4 Å². The van der Waals surface area contributed by atoms with Crippen molar-refractivity contribution in [2.45, 2.75) is 18.7 Å². The van der Waals surface area contributed by atoms with E-state index in [0.717, 1.165) is 0 Å². The molecule has 0 saturated heterocycles. The first kappa shape index (κ1) is 69.8. The van der Waals surface area contributed by atoms with Crippen LogP contribution in [0.1, 0.15) is 0 Å². The van der Waals surface area contributed by atoms with Gasteiger partial charge in [-0.1, -0.05) is 0 Å². The van der Waals surface area contributed by atoms with E-state index in [-0.39, 0.29) is 149 Å². The van der Waals surface area contributed by atoms with Gasteiger partial charge in [0.1, 0.15) is 18.7 Å². The number of aliphatic hydroxyl groups is 3. The third-order valence-electron chi connectivity index (χ3n) is 1.86. The Bertz CT molecular complexity index is 491. The molecule has 0 aromatic carbocycles. The molecular weight excluding hydrogens is 849 g/mol. The number of nitriles is 6. The summed E-state index contributed by atoms with van der Waals surface area (Å²) >= 11 is 0. The van der Waals surface area contributed by atoms with Gasteiger partial charge in [0.2, 0.25) is 0 Å². The van der Waals surface area contributed by atoms with Crippen LogP contribution in [0.15, 0.2) is 0 Å². The Kier molecular flexibility index (Phi) is 106. The molecule has 0 aliphatic carbocycles. The molecule has 0 amide bonds. The molecule has 0 heterocycles. The first-order valence-electron chi connectivity index (χ1n) is 5.85. The van der Waals surface area contributed by atoms with Crippen LogP contribution in [0.2, 0.25) is 0 Å². The Morgan fingerprint density at radius 1 is 0.406 bits per heavy atom. The standard InChI is InChI=1S/3C4H5N3O.5H2O.3Sm/c3*5-1-3(2-6)4(7)8;;;;;;;;/h3*3-4,8H,7H2;5*1H2;;;. The summed E-state index contributed by atoms with van der Waals surface area (Å²) in [4.78, 5) is 0. The van der Waals surface area contributed by atoms with Crippen molar-refractivity contribution in [2.75, 3.05) is 0 Å². The predicted octanol–water partition coefficient (Wildman–Crippen LogP) is -7.34. The quantitative estimate of drug-likeness (QED) is 0.144. The summed E-state index contributed by atoms with van der Waals surface area (Å²) in [6.45, 7) is 0. The Morgan fingerprint density at radius 2 is 0.500 bits per heavy atom. The topological polar surface area (TPSA) is 439 Å². The summed E-state index contributed by atoms with van der Waals surface area (Å²) in [5.41, 5.74) is 14.3. The van der Waals surface area contributed by atoms with Crippen molar-refractivity contribution in [3.63, 3.8) is 0 Å². The molecule has 0 aliphatic heterocycles. The van der Waals surface area contributed by atoms with Gasteiger partial charge in [0.25, 0.3) is 0 Å². The van der Waals surface area contributed by atoms with E-state index in [4.69, 9.17) is 64.1 Å². The second-order valence-corrected chi connectivity index (χ2v) is 3.68. The van der Waals surface area contributed by atoms with Crippen LogP contribution in [0.25, 0.3) is 0 Å². The van der Waals surface area contributed by atoms with Crippen molar-refractivity contribution in [2.24, 2.45) is 35.0 Å². The summed E-state index contributed by atoms with van der Waals surface area (Å²) in [6.07, 6.45) is -4.03. The van der Waals surface area contributed by atoms with Crippen LogP contribution in [0.3, 0.4) is 0 Å². The molecule has 0 aromatic rings. The van der Waals surface area contributed by atoms with Gasteiger partial charge < -0.3 is 59.9 Å². The van der Waals surface area contributed by atoms with Crippen LogP contribution in [0.5, 0.6) is 0 Å². The van der Waals surface area contributed by atoms with Crippen LogP contribution in [0, 0.1) is 207 Å². The molecule has 3 unspecified atom stereocenters. The van der Waals surface area contributed by atoms with Crippen molar-refractivity contribution < 1.29 is 164 Å². The van der Waals surface area contributed by atoms with Crippen molar-refractivity contribution >= 4 is 0 Å². The SMILES string of the molecule is N#CC(C#N)C(N)O.N#CC(C#N)C(N)O.N#CC(C#N)C(N)O.O.O.O.O.O.[Sm].[Sm].[Sm]. The van der Waals surface area contributed by atoms with Crippen molar-refractivity contribution in [3.05, 3.63) is 0 Å². The van der Waals surface area contributed by atoms with Crippen LogP contribution < -0.4 is 17.2 Å². The van der Waals surface area contributed by atoms with Gasteiger partial charge in [-0.25, -0.2) is 0 Å². The molecule has 0 bridgehead atoms. The fourth-order valence-corrected chi connectivity index (χ4v) is 0.545. The van der Waals surface area contributed by atoms with E-state index in [1.807, 2.05) is 0 Å². The molecule has 0 radical (unpaired) electrons.